The Bertz CT molecular complexity index is 575. The number of rotatable bonds is 3. The number of halogens is 4. The molecule has 0 aliphatic heterocycles. The van der Waals surface area contributed by atoms with E-state index in [0.29, 0.717) is 21.7 Å². The molecule has 2 aromatic rings. The van der Waals surface area contributed by atoms with Crippen LogP contribution < -0.4 is 4.74 Å². The van der Waals surface area contributed by atoms with Crippen molar-refractivity contribution < 1.29 is 13.5 Å². The molecule has 94 valence electrons. The highest BCUT2D eigenvalue weighted by Gasteiger charge is 2.11. The highest BCUT2D eigenvalue weighted by Crippen LogP contribution is 2.33. The fraction of sp³-hybridized carbons (Fsp3) is 0.0769. The van der Waals surface area contributed by atoms with Gasteiger partial charge in [0.15, 0.2) is 11.6 Å². The number of hydrogen-bond acceptors (Lipinski definition) is 1. The third-order valence-corrected chi connectivity index (χ3v) is 3.24. The molecule has 0 radical (unpaired) electrons. The first-order valence-electron chi connectivity index (χ1n) is 5.08. The molecule has 0 spiro atoms. The van der Waals surface area contributed by atoms with Gasteiger partial charge in [-0.3, -0.25) is 0 Å². The molecule has 0 bridgehead atoms. The van der Waals surface area contributed by atoms with Crippen molar-refractivity contribution in [2.24, 2.45) is 0 Å². The van der Waals surface area contributed by atoms with Gasteiger partial charge in [-0.15, -0.1) is 0 Å². The number of hydrogen-bond donors (Lipinski definition) is 0. The Morgan fingerprint density at radius 2 is 1.89 bits per heavy atom. The average molecular weight is 334 g/mol. The number of benzene rings is 2. The molecule has 0 N–H and O–H groups in total. The van der Waals surface area contributed by atoms with Crippen molar-refractivity contribution >= 4 is 27.5 Å². The third-order valence-electron chi connectivity index (χ3n) is 2.32. The van der Waals surface area contributed by atoms with Crippen LogP contribution in [0.3, 0.4) is 0 Å². The topological polar surface area (TPSA) is 9.23 Å². The maximum atomic E-state index is 13.5. The first-order chi connectivity index (χ1) is 8.61. The van der Waals surface area contributed by atoms with Crippen molar-refractivity contribution in [1.82, 2.24) is 0 Å². The summed E-state index contributed by atoms with van der Waals surface area (Å²) >= 11 is 9.26. The quantitative estimate of drug-likeness (QED) is 0.692. The molecule has 0 fully saturated rings. The molecule has 0 amide bonds. The Balaban J connectivity index is 2.40. The number of alkyl halides is 1. The minimum Gasteiger partial charge on any atom is -0.454 e. The zero-order valence-electron chi connectivity index (χ0n) is 9.09. The monoisotopic (exact) mass is 332 g/mol. The van der Waals surface area contributed by atoms with Gasteiger partial charge in [-0.25, -0.2) is 8.78 Å². The second-order valence-corrected chi connectivity index (χ2v) is 4.49. The molecule has 5 heteroatoms. The molecule has 0 aliphatic rings. The summed E-state index contributed by atoms with van der Waals surface area (Å²) in [6, 6.07) is 8.07. The Kier molecular flexibility index (Phi) is 4.19. The molecule has 0 atom stereocenters. The van der Waals surface area contributed by atoms with Gasteiger partial charge in [0.1, 0.15) is 11.6 Å². The Morgan fingerprint density at radius 3 is 2.61 bits per heavy atom. The fourth-order valence-corrected chi connectivity index (χ4v) is 2.41. The van der Waals surface area contributed by atoms with E-state index in [0.717, 1.165) is 18.2 Å². The molecule has 0 saturated carbocycles. The van der Waals surface area contributed by atoms with Crippen LogP contribution in [-0.2, 0) is 5.33 Å². The normalized spacial score (nSPS) is 10.4. The van der Waals surface area contributed by atoms with Gasteiger partial charge in [-0.2, -0.15) is 0 Å². The predicted molar refractivity (Wildman–Crippen MR) is 70.5 cm³/mol. The van der Waals surface area contributed by atoms with E-state index in [9.17, 15) is 8.78 Å². The summed E-state index contributed by atoms with van der Waals surface area (Å²) in [6.45, 7) is 0. The Morgan fingerprint density at radius 1 is 1.11 bits per heavy atom. The summed E-state index contributed by atoms with van der Waals surface area (Å²) in [4.78, 5) is 0. The van der Waals surface area contributed by atoms with Gasteiger partial charge in [0.25, 0.3) is 0 Å². The zero-order chi connectivity index (χ0) is 13.1. The molecule has 1 nitrogen and oxygen atoms in total. The standard InChI is InChI=1S/C13H8BrClF2O/c14-7-9-10(15)2-1-3-12(9)18-13-6-8(16)4-5-11(13)17/h1-6H,7H2. The molecule has 2 rings (SSSR count). The lowest BCUT2D eigenvalue weighted by molar-refractivity contribution is 0.434. The van der Waals surface area contributed by atoms with Crippen molar-refractivity contribution in [3.8, 4) is 11.5 Å². The van der Waals surface area contributed by atoms with E-state index in [-0.39, 0.29) is 5.75 Å². The van der Waals surface area contributed by atoms with E-state index in [2.05, 4.69) is 15.9 Å². The van der Waals surface area contributed by atoms with Crippen LogP contribution >= 0.6 is 27.5 Å². The molecular formula is C13H8BrClF2O. The largest absolute Gasteiger partial charge is 0.454 e. The van der Waals surface area contributed by atoms with Crippen molar-refractivity contribution in [2.75, 3.05) is 0 Å². The predicted octanol–water partition coefficient (Wildman–Crippen LogP) is 5.31. The van der Waals surface area contributed by atoms with Crippen molar-refractivity contribution in [3.63, 3.8) is 0 Å². The Labute approximate surface area is 116 Å². The highest BCUT2D eigenvalue weighted by molar-refractivity contribution is 9.08. The van der Waals surface area contributed by atoms with E-state index >= 15 is 0 Å². The summed E-state index contributed by atoms with van der Waals surface area (Å²) in [7, 11) is 0. The summed E-state index contributed by atoms with van der Waals surface area (Å²) in [5.41, 5.74) is 0.683. The minimum atomic E-state index is -0.628. The van der Waals surface area contributed by atoms with Gasteiger partial charge in [0.05, 0.1) is 0 Å². The third kappa shape index (κ3) is 2.82. The maximum absolute atomic E-state index is 13.5. The van der Waals surface area contributed by atoms with Crippen LogP contribution in [-0.4, -0.2) is 0 Å². The SMILES string of the molecule is Fc1ccc(F)c(Oc2cccc(Cl)c2CBr)c1. The van der Waals surface area contributed by atoms with Crippen molar-refractivity contribution in [3.05, 3.63) is 58.6 Å². The lowest BCUT2D eigenvalue weighted by Gasteiger charge is -2.11. The van der Waals surface area contributed by atoms with Crippen LogP contribution in [0.1, 0.15) is 5.56 Å². The summed E-state index contributed by atoms with van der Waals surface area (Å²) in [6.07, 6.45) is 0. The van der Waals surface area contributed by atoms with Gasteiger partial charge >= 0.3 is 0 Å². The van der Waals surface area contributed by atoms with Crippen molar-refractivity contribution in [2.45, 2.75) is 5.33 Å². The Hall–Kier alpha value is -1.13. The zero-order valence-corrected chi connectivity index (χ0v) is 11.4. The molecular weight excluding hydrogens is 325 g/mol. The summed E-state index contributed by atoms with van der Waals surface area (Å²) in [5, 5.41) is 0.958. The van der Waals surface area contributed by atoms with Crippen LogP contribution in [0.4, 0.5) is 8.78 Å². The first kappa shape index (κ1) is 13.3. The smallest absolute Gasteiger partial charge is 0.165 e. The highest BCUT2D eigenvalue weighted by atomic mass is 79.9. The average Bonchev–Trinajstić information content (AvgIpc) is 2.34. The van der Waals surface area contributed by atoms with Gasteiger partial charge in [0, 0.05) is 22.0 Å². The van der Waals surface area contributed by atoms with Gasteiger partial charge in [0.2, 0.25) is 0 Å². The second-order valence-electron chi connectivity index (χ2n) is 3.53. The van der Waals surface area contributed by atoms with E-state index in [4.69, 9.17) is 16.3 Å². The molecule has 0 unspecified atom stereocenters. The van der Waals surface area contributed by atoms with Crippen LogP contribution in [0.5, 0.6) is 11.5 Å². The molecule has 2 aromatic carbocycles. The number of ether oxygens (including phenoxy) is 1. The van der Waals surface area contributed by atoms with E-state index in [1.165, 1.54) is 0 Å². The molecule has 18 heavy (non-hydrogen) atoms. The molecule has 0 aromatic heterocycles. The summed E-state index contributed by atoms with van der Waals surface area (Å²) < 4.78 is 31.8. The lowest BCUT2D eigenvalue weighted by atomic mass is 10.2. The van der Waals surface area contributed by atoms with E-state index in [1.54, 1.807) is 18.2 Å². The van der Waals surface area contributed by atoms with E-state index < -0.39 is 11.6 Å². The van der Waals surface area contributed by atoms with E-state index in [1.807, 2.05) is 0 Å². The lowest BCUT2D eigenvalue weighted by Crippen LogP contribution is -1.93. The van der Waals surface area contributed by atoms with Crippen LogP contribution in [0.2, 0.25) is 5.02 Å². The van der Waals surface area contributed by atoms with Gasteiger partial charge in [-0.05, 0) is 24.3 Å². The fourth-order valence-electron chi connectivity index (χ4n) is 1.44. The molecule has 0 aliphatic carbocycles. The molecule has 0 saturated heterocycles. The van der Waals surface area contributed by atoms with Gasteiger partial charge in [-0.1, -0.05) is 33.6 Å². The summed E-state index contributed by atoms with van der Waals surface area (Å²) in [5.74, 6) is -0.964. The van der Waals surface area contributed by atoms with Crippen LogP contribution in [0.25, 0.3) is 0 Å². The maximum Gasteiger partial charge on any atom is 0.165 e. The van der Waals surface area contributed by atoms with Crippen molar-refractivity contribution in [1.29, 1.82) is 0 Å². The van der Waals surface area contributed by atoms with Crippen LogP contribution in [0.15, 0.2) is 36.4 Å². The van der Waals surface area contributed by atoms with Crippen LogP contribution in [0, 0.1) is 11.6 Å². The second kappa shape index (κ2) is 5.67. The minimum absolute atomic E-state index is 0.167. The molecule has 0 heterocycles. The van der Waals surface area contributed by atoms with Gasteiger partial charge < -0.3 is 4.74 Å². The first-order valence-corrected chi connectivity index (χ1v) is 6.58.